The molecule has 32 heavy (non-hydrogen) atoms. The van der Waals surface area contributed by atoms with Gasteiger partial charge in [-0.2, -0.15) is 0 Å². The van der Waals surface area contributed by atoms with Crippen molar-refractivity contribution >= 4 is 38.2 Å². The quantitative estimate of drug-likeness (QED) is 0.546. The molecule has 0 saturated carbocycles. The van der Waals surface area contributed by atoms with Gasteiger partial charge in [0.05, 0.1) is 12.7 Å². The minimum atomic E-state index is -3.85. The van der Waals surface area contributed by atoms with E-state index >= 15 is 0 Å². The molecule has 0 saturated heterocycles. The molecule has 0 radical (unpaired) electrons. The van der Waals surface area contributed by atoms with Crippen LogP contribution in [0.4, 0.5) is 5.00 Å². The number of carbonyl (C=O) groups is 2. The number of thiophene rings is 1. The molecule has 3 rings (SSSR count). The number of primary amides is 1. The van der Waals surface area contributed by atoms with E-state index in [1.165, 1.54) is 50.7 Å². The Morgan fingerprint density at radius 3 is 2.31 bits per heavy atom. The summed E-state index contributed by atoms with van der Waals surface area (Å²) in [6.45, 7) is 1.84. The normalized spacial score (nSPS) is 11.4. The number of aryl methyl sites for hydroxylation is 1. The van der Waals surface area contributed by atoms with Crippen molar-refractivity contribution in [1.29, 1.82) is 0 Å². The van der Waals surface area contributed by atoms with Gasteiger partial charge in [0.25, 0.3) is 11.8 Å². The predicted molar refractivity (Wildman–Crippen MR) is 125 cm³/mol. The third-order valence-electron chi connectivity index (χ3n) is 4.80. The largest absolute Gasteiger partial charge is 0.495 e. The Morgan fingerprint density at radius 1 is 1.09 bits per heavy atom. The second-order valence-corrected chi connectivity index (χ2v) is 10.4. The van der Waals surface area contributed by atoms with Crippen molar-refractivity contribution in [3.05, 3.63) is 64.5 Å². The first-order valence-corrected chi connectivity index (χ1v) is 11.7. The van der Waals surface area contributed by atoms with Gasteiger partial charge in [0, 0.05) is 30.1 Å². The minimum Gasteiger partial charge on any atom is -0.495 e. The van der Waals surface area contributed by atoms with Crippen LogP contribution in [0.2, 0.25) is 0 Å². The Morgan fingerprint density at radius 2 is 1.75 bits per heavy atom. The zero-order valence-electron chi connectivity index (χ0n) is 18.0. The van der Waals surface area contributed by atoms with E-state index in [1.54, 1.807) is 0 Å². The molecule has 168 valence electrons. The Hall–Kier alpha value is -3.21. The molecule has 0 aliphatic rings. The number of methoxy groups -OCH3 is 1. The summed E-state index contributed by atoms with van der Waals surface area (Å²) in [4.78, 5) is 25.9. The lowest BCUT2D eigenvalue weighted by molar-refractivity contribution is 0.100. The molecule has 1 heterocycles. The molecule has 2 amide bonds. The van der Waals surface area contributed by atoms with Gasteiger partial charge in [-0.15, -0.1) is 11.3 Å². The molecule has 0 aliphatic heterocycles. The van der Waals surface area contributed by atoms with E-state index in [0.29, 0.717) is 10.6 Å². The Labute approximate surface area is 190 Å². The number of ether oxygens (including phenoxy) is 1. The Kier molecular flexibility index (Phi) is 6.68. The van der Waals surface area contributed by atoms with Crippen molar-refractivity contribution in [2.24, 2.45) is 5.73 Å². The van der Waals surface area contributed by atoms with Crippen LogP contribution in [0.15, 0.2) is 53.4 Å². The summed E-state index contributed by atoms with van der Waals surface area (Å²) < 4.78 is 31.5. The lowest BCUT2D eigenvalue weighted by Crippen LogP contribution is -2.23. The molecular formula is C22H23N3O5S2. The molecule has 0 spiro atoms. The first-order valence-electron chi connectivity index (χ1n) is 9.48. The highest BCUT2D eigenvalue weighted by atomic mass is 32.2. The molecule has 0 unspecified atom stereocenters. The number of hydrogen-bond acceptors (Lipinski definition) is 6. The summed E-state index contributed by atoms with van der Waals surface area (Å²) in [6, 6.07) is 13.4. The van der Waals surface area contributed by atoms with Crippen molar-refractivity contribution in [3.8, 4) is 16.9 Å². The monoisotopic (exact) mass is 473 g/mol. The number of sulfonamides is 1. The highest BCUT2D eigenvalue weighted by Gasteiger charge is 2.26. The standard InChI is InChI=1S/C22H23N3O5S2/c1-13-18(14-8-6-5-7-9-14)19(20(23)26)22(31-13)24-21(27)15-10-11-16(30-4)17(12-15)32(28,29)25(2)3/h5-12H,1-4H3,(H2,23,26)(H,24,27). The predicted octanol–water partition coefficient (Wildman–Crippen LogP) is 3.33. The summed E-state index contributed by atoms with van der Waals surface area (Å²) in [6.07, 6.45) is 0. The number of carbonyl (C=O) groups excluding carboxylic acids is 2. The molecule has 0 bridgehead atoms. The number of rotatable bonds is 7. The fourth-order valence-electron chi connectivity index (χ4n) is 3.21. The first kappa shape index (κ1) is 23.5. The second kappa shape index (κ2) is 9.11. The van der Waals surface area contributed by atoms with Crippen LogP contribution in [0.25, 0.3) is 11.1 Å². The van der Waals surface area contributed by atoms with Crippen LogP contribution in [0.3, 0.4) is 0 Å². The number of hydrogen-bond donors (Lipinski definition) is 2. The smallest absolute Gasteiger partial charge is 0.256 e. The van der Waals surface area contributed by atoms with Gasteiger partial charge >= 0.3 is 0 Å². The first-order chi connectivity index (χ1) is 15.1. The summed E-state index contributed by atoms with van der Waals surface area (Å²) in [7, 11) is 0.276. The van der Waals surface area contributed by atoms with Crippen LogP contribution in [0.5, 0.6) is 5.75 Å². The van der Waals surface area contributed by atoms with E-state index in [-0.39, 0.29) is 21.8 Å². The Balaban J connectivity index is 2.04. The highest BCUT2D eigenvalue weighted by molar-refractivity contribution is 7.89. The third kappa shape index (κ3) is 4.38. The van der Waals surface area contributed by atoms with Crippen LogP contribution < -0.4 is 15.8 Å². The van der Waals surface area contributed by atoms with E-state index in [0.717, 1.165) is 14.7 Å². The molecular weight excluding hydrogens is 450 g/mol. The molecule has 3 N–H and O–H groups in total. The average molecular weight is 474 g/mol. The maximum atomic E-state index is 13.0. The zero-order chi connectivity index (χ0) is 23.6. The zero-order valence-corrected chi connectivity index (χ0v) is 19.6. The summed E-state index contributed by atoms with van der Waals surface area (Å²) >= 11 is 1.23. The number of nitrogens with two attached hydrogens (primary N) is 1. The van der Waals surface area contributed by atoms with E-state index in [9.17, 15) is 18.0 Å². The van der Waals surface area contributed by atoms with Crippen LogP contribution >= 0.6 is 11.3 Å². The number of nitrogens with one attached hydrogen (secondary N) is 1. The van der Waals surface area contributed by atoms with Gasteiger partial charge < -0.3 is 15.8 Å². The second-order valence-electron chi connectivity index (χ2n) is 7.07. The van der Waals surface area contributed by atoms with Gasteiger partial charge in [0.1, 0.15) is 15.6 Å². The van der Waals surface area contributed by atoms with Crippen LogP contribution in [-0.2, 0) is 10.0 Å². The van der Waals surface area contributed by atoms with Crippen LogP contribution in [0.1, 0.15) is 25.6 Å². The number of benzene rings is 2. The topological polar surface area (TPSA) is 119 Å². The molecule has 10 heteroatoms. The van der Waals surface area contributed by atoms with Gasteiger partial charge in [-0.25, -0.2) is 12.7 Å². The van der Waals surface area contributed by atoms with E-state index in [2.05, 4.69) is 5.32 Å². The molecule has 2 aromatic carbocycles. The third-order valence-corrected chi connectivity index (χ3v) is 7.66. The molecule has 0 fully saturated rings. The van der Waals surface area contributed by atoms with Crippen molar-refractivity contribution < 1.29 is 22.7 Å². The molecule has 0 atom stereocenters. The molecule has 3 aromatic rings. The number of amides is 2. The maximum Gasteiger partial charge on any atom is 0.256 e. The van der Waals surface area contributed by atoms with Gasteiger partial charge in [-0.1, -0.05) is 30.3 Å². The van der Waals surface area contributed by atoms with Crippen molar-refractivity contribution in [2.45, 2.75) is 11.8 Å². The van der Waals surface area contributed by atoms with E-state index in [1.807, 2.05) is 37.3 Å². The van der Waals surface area contributed by atoms with Gasteiger partial charge in [0.2, 0.25) is 10.0 Å². The number of nitrogens with zero attached hydrogens (tertiary/aromatic N) is 1. The van der Waals surface area contributed by atoms with E-state index < -0.39 is 21.8 Å². The molecule has 0 aliphatic carbocycles. The van der Waals surface area contributed by atoms with Crippen molar-refractivity contribution in [1.82, 2.24) is 4.31 Å². The van der Waals surface area contributed by atoms with Gasteiger partial charge in [-0.05, 0) is 30.7 Å². The lowest BCUT2D eigenvalue weighted by atomic mass is 10.0. The van der Waals surface area contributed by atoms with Gasteiger partial charge in [-0.3, -0.25) is 9.59 Å². The number of anilines is 1. The van der Waals surface area contributed by atoms with Crippen molar-refractivity contribution in [3.63, 3.8) is 0 Å². The fraction of sp³-hybridized carbons (Fsp3) is 0.182. The van der Waals surface area contributed by atoms with Crippen LogP contribution in [0, 0.1) is 6.92 Å². The summed E-state index contributed by atoms with van der Waals surface area (Å²) in [5.74, 6) is -1.13. The fourth-order valence-corrected chi connectivity index (χ4v) is 5.36. The highest BCUT2D eigenvalue weighted by Crippen LogP contribution is 2.40. The molecule has 8 nitrogen and oxygen atoms in total. The van der Waals surface area contributed by atoms with Crippen LogP contribution in [-0.4, -0.2) is 45.7 Å². The van der Waals surface area contributed by atoms with Crippen molar-refractivity contribution in [2.75, 3.05) is 26.5 Å². The molecule has 1 aromatic heterocycles. The Bertz CT molecular complexity index is 1280. The minimum absolute atomic E-state index is 0.0916. The van der Waals surface area contributed by atoms with E-state index in [4.69, 9.17) is 10.5 Å². The SMILES string of the molecule is COc1ccc(C(=O)Nc2sc(C)c(-c3ccccc3)c2C(N)=O)cc1S(=O)(=O)N(C)C. The summed E-state index contributed by atoms with van der Waals surface area (Å²) in [5, 5.41) is 3.01. The summed E-state index contributed by atoms with van der Waals surface area (Å²) in [5.41, 5.74) is 7.41. The lowest BCUT2D eigenvalue weighted by Gasteiger charge is -2.15. The van der Waals surface area contributed by atoms with Gasteiger partial charge in [0.15, 0.2) is 0 Å². The average Bonchev–Trinajstić information content (AvgIpc) is 3.09. The maximum absolute atomic E-state index is 13.0.